The number of piperidine rings is 1. The number of rotatable bonds is 4. The van der Waals surface area contributed by atoms with Crippen LogP contribution in [0, 0.1) is 11.3 Å². The number of nitrogens with two attached hydrogens (primary N) is 1. The van der Waals surface area contributed by atoms with Gasteiger partial charge in [-0.1, -0.05) is 26.2 Å². The molecule has 0 aromatic carbocycles. The molecular formula is C14H28N2O2S. The van der Waals surface area contributed by atoms with Gasteiger partial charge in [-0.05, 0) is 43.6 Å². The molecule has 0 unspecified atom stereocenters. The van der Waals surface area contributed by atoms with Crippen molar-refractivity contribution < 1.29 is 8.42 Å². The fourth-order valence-corrected chi connectivity index (χ4v) is 5.14. The summed E-state index contributed by atoms with van der Waals surface area (Å²) < 4.78 is 26.6. The molecule has 1 aliphatic heterocycles. The average Bonchev–Trinajstić information content (AvgIpc) is 2.40. The van der Waals surface area contributed by atoms with Crippen LogP contribution in [-0.2, 0) is 10.0 Å². The standard InChI is InChI=1S/C14H28N2O2S/c1-14(12-15)7-9-16(10-8-14)19(17,18)11-13-5-3-2-4-6-13/h13H,2-12,15H2,1H3. The summed E-state index contributed by atoms with van der Waals surface area (Å²) in [4.78, 5) is 0. The number of nitrogens with zero attached hydrogens (tertiary/aromatic N) is 1. The number of sulfonamides is 1. The third-order valence-electron chi connectivity index (χ3n) is 4.99. The maximum atomic E-state index is 12.4. The van der Waals surface area contributed by atoms with E-state index in [0.717, 1.165) is 25.7 Å². The lowest BCUT2D eigenvalue weighted by molar-refractivity contribution is 0.182. The van der Waals surface area contributed by atoms with E-state index in [1.807, 2.05) is 0 Å². The van der Waals surface area contributed by atoms with E-state index in [0.29, 0.717) is 31.3 Å². The molecule has 2 fully saturated rings. The molecule has 5 heteroatoms. The Morgan fingerprint density at radius 1 is 1.16 bits per heavy atom. The van der Waals surface area contributed by atoms with Crippen LogP contribution in [0.25, 0.3) is 0 Å². The van der Waals surface area contributed by atoms with Gasteiger partial charge in [0.25, 0.3) is 0 Å². The van der Waals surface area contributed by atoms with E-state index in [1.165, 1.54) is 19.3 Å². The molecule has 2 aliphatic rings. The summed E-state index contributed by atoms with van der Waals surface area (Å²) in [6, 6.07) is 0. The second kappa shape index (κ2) is 6.10. The van der Waals surface area contributed by atoms with Crippen molar-refractivity contribution in [2.24, 2.45) is 17.1 Å². The molecule has 2 rings (SSSR count). The topological polar surface area (TPSA) is 63.4 Å². The fourth-order valence-electron chi connectivity index (χ4n) is 3.27. The molecule has 0 atom stereocenters. The van der Waals surface area contributed by atoms with Crippen LogP contribution in [0.3, 0.4) is 0 Å². The Bertz CT molecular complexity index is 380. The Kier molecular flexibility index (Phi) is 4.90. The van der Waals surface area contributed by atoms with E-state index >= 15 is 0 Å². The lowest BCUT2D eigenvalue weighted by Gasteiger charge is -2.38. The van der Waals surface area contributed by atoms with Gasteiger partial charge in [0.15, 0.2) is 0 Å². The van der Waals surface area contributed by atoms with E-state index in [1.54, 1.807) is 4.31 Å². The van der Waals surface area contributed by atoms with E-state index < -0.39 is 10.0 Å². The van der Waals surface area contributed by atoms with Gasteiger partial charge in [0.05, 0.1) is 5.75 Å². The van der Waals surface area contributed by atoms with E-state index in [-0.39, 0.29) is 5.41 Å². The van der Waals surface area contributed by atoms with Crippen molar-refractivity contribution in [1.82, 2.24) is 4.31 Å². The highest BCUT2D eigenvalue weighted by Crippen LogP contribution is 2.32. The molecule has 0 aromatic rings. The summed E-state index contributed by atoms with van der Waals surface area (Å²) in [5.41, 5.74) is 5.91. The normalized spacial score (nSPS) is 26.4. The van der Waals surface area contributed by atoms with Crippen LogP contribution in [0.4, 0.5) is 0 Å². The van der Waals surface area contributed by atoms with Crippen LogP contribution in [0.2, 0.25) is 0 Å². The molecule has 0 bridgehead atoms. The van der Waals surface area contributed by atoms with Gasteiger partial charge in [-0.3, -0.25) is 0 Å². The highest BCUT2D eigenvalue weighted by molar-refractivity contribution is 7.89. The van der Waals surface area contributed by atoms with Crippen LogP contribution < -0.4 is 5.73 Å². The maximum absolute atomic E-state index is 12.4. The summed E-state index contributed by atoms with van der Waals surface area (Å²) in [7, 11) is -3.05. The summed E-state index contributed by atoms with van der Waals surface area (Å²) in [5.74, 6) is 0.758. The molecule has 19 heavy (non-hydrogen) atoms. The summed E-state index contributed by atoms with van der Waals surface area (Å²) in [6.45, 7) is 4.13. The quantitative estimate of drug-likeness (QED) is 0.860. The Morgan fingerprint density at radius 2 is 1.74 bits per heavy atom. The third kappa shape index (κ3) is 3.92. The zero-order valence-corrected chi connectivity index (χ0v) is 12.9. The van der Waals surface area contributed by atoms with Crippen LogP contribution in [0.5, 0.6) is 0 Å². The highest BCUT2D eigenvalue weighted by atomic mass is 32.2. The maximum Gasteiger partial charge on any atom is 0.214 e. The predicted molar refractivity (Wildman–Crippen MR) is 78.3 cm³/mol. The minimum absolute atomic E-state index is 0.136. The molecule has 0 radical (unpaired) electrons. The monoisotopic (exact) mass is 288 g/mol. The molecule has 1 saturated carbocycles. The van der Waals surface area contributed by atoms with E-state index in [9.17, 15) is 8.42 Å². The second-order valence-corrected chi connectivity index (χ2v) is 8.71. The van der Waals surface area contributed by atoms with Gasteiger partial charge in [-0.25, -0.2) is 12.7 Å². The minimum atomic E-state index is -3.05. The van der Waals surface area contributed by atoms with Crippen molar-refractivity contribution in [3.63, 3.8) is 0 Å². The predicted octanol–water partition coefficient (Wildman–Crippen LogP) is 1.96. The van der Waals surface area contributed by atoms with Gasteiger partial charge in [-0.2, -0.15) is 0 Å². The molecule has 2 N–H and O–H groups in total. The zero-order valence-electron chi connectivity index (χ0n) is 12.1. The molecule has 4 nitrogen and oxygen atoms in total. The van der Waals surface area contributed by atoms with Crippen molar-refractivity contribution in [2.75, 3.05) is 25.4 Å². The third-order valence-corrected chi connectivity index (χ3v) is 7.03. The SMILES string of the molecule is CC1(CN)CCN(S(=O)(=O)CC2CCCCC2)CC1. The molecule has 0 amide bonds. The summed E-state index contributed by atoms with van der Waals surface area (Å²) >= 11 is 0. The lowest BCUT2D eigenvalue weighted by Crippen LogP contribution is -2.46. The van der Waals surface area contributed by atoms with Crippen LogP contribution >= 0.6 is 0 Å². The fraction of sp³-hybridized carbons (Fsp3) is 1.00. The van der Waals surface area contributed by atoms with Crippen molar-refractivity contribution in [3.8, 4) is 0 Å². The second-order valence-electron chi connectivity index (χ2n) is 6.70. The van der Waals surface area contributed by atoms with Gasteiger partial charge in [0.1, 0.15) is 0 Å². The first-order valence-electron chi connectivity index (χ1n) is 7.63. The summed E-state index contributed by atoms with van der Waals surface area (Å²) in [6.07, 6.45) is 7.65. The van der Waals surface area contributed by atoms with Gasteiger partial charge >= 0.3 is 0 Å². The Hall–Kier alpha value is -0.130. The number of hydrogen-bond acceptors (Lipinski definition) is 3. The average molecular weight is 288 g/mol. The molecule has 0 aromatic heterocycles. The van der Waals surface area contributed by atoms with Crippen LogP contribution in [-0.4, -0.2) is 38.1 Å². The Labute approximate surface area is 117 Å². The molecule has 1 saturated heterocycles. The first-order valence-corrected chi connectivity index (χ1v) is 9.24. The Balaban J connectivity index is 1.90. The molecule has 1 aliphatic carbocycles. The van der Waals surface area contributed by atoms with Crippen molar-refractivity contribution in [2.45, 2.75) is 51.9 Å². The minimum Gasteiger partial charge on any atom is -0.330 e. The largest absolute Gasteiger partial charge is 0.330 e. The van der Waals surface area contributed by atoms with Crippen molar-refractivity contribution >= 4 is 10.0 Å². The van der Waals surface area contributed by atoms with Crippen LogP contribution in [0.1, 0.15) is 51.9 Å². The van der Waals surface area contributed by atoms with Gasteiger partial charge < -0.3 is 5.73 Å². The zero-order chi connectivity index (χ0) is 13.9. The van der Waals surface area contributed by atoms with Gasteiger partial charge in [0, 0.05) is 13.1 Å². The highest BCUT2D eigenvalue weighted by Gasteiger charge is 2.34. The van der Waals surface area contributed by atoms with E-state index in [4.69, 9.17) is 5.73 Å². The first-order chi connectivity index (χ1) is 8.95. The molecule has 112 valence electrons. The Morgan fingerprint density at radius 3 is 2.26 bits per heavy atom. The molecular weight excluding hydrogens is 260 g/mol. The smallest absolute Gasteiger partial charge is 0.214 e. The van der Waals surface area contributed by atoms with Gasteiger partial charge in [0.2, 0.25) is 10.0 Å². The van der Waals surface area contributed by atoms with E-state index in [2.05, 4.69) is 6.92 Å². The van der Waals surface area contributed by atoms with Gasteiger partial charge in [-0.15, -0.1) is 0 Å². The first kappa shape index (κ1) is 15.3. The molecule has 0 spiro atoms. The van der Waals surface area contributed by atoms with Crippen molar-refractivity contribution in [1.29, 1.82) is 0 Å². The summed E-state index contributed by atoms with van der Waals surface area (Å²) in [5, 5.41) is 0. The molecule has 1 heterocycles. The van der Waals surface area contributed by atoms with Crippen LogP contribution in [0.15, 0.2) is 0 Å². The number of hydrogen-bond donors (Lipinski definition) is 1. The lowest BCUT2D eigenvalue weighted by atomic mass is 9.81. The van der Waals surface area contributed by atoms with Crippen molar-refractivity contribution in [3.05, 3.63) is 0 Å².